The summed E-state index contributed by atoms with van der Waals surface area (Å²) in [6.45, 7) is 2.50. The standard InChI is InChI=1S/C10H17F3N4O/c1-6(14)8(10(11,12)13)16-2-3-17-7(5-16)4-15-9(17)18/h6-8H,2-5,14H2,1H3,(H,15,18). The molecule has 0 aromatic heterocycles. The normalized spacial score (nSPS) is 28.8. The molecule has 3 atom stereocenters. The summed E-state index contributed by atoms with van der Waals surface area (Å²) >= 11 is 0. The van der Waals surface area contributed by atoms with Crippen molar-refractivity contribution in [2.75, 3.05) is 26.2 Å². The highest BCUT2D eigenvalue weighted by Gasteiger charge is 2.48. The van der Waals surface area contributed by atoms with Gasteiger partial charge in [0.1, 0.15) is 6.04 Å². The molecule has 104 valence electrons. The van der Waals surface area contributed by atoms with Gasteiger partial charge in [-0.3, -0.25) is 4.90 Å². The lowest BCUT2D eigenvalue weighted by molar-refractivity contribution is -0.192. The number of urea groups is 1. The zero-order valence-electron chi connectivity index (χ0n) is 10.1. The van der Waals surface area contributed by atoms with Crippen LogP contribution >= 0.6 is 0 Å². The first-order valence-corrected chi connectivity index (χ1v) is 5.91. The number of carbonyl (C=O) groups excluding carboxylic acids is 1. The first-order valence-electron chi connectivity index (χ1n) is 5.91. The van der Waals surface area contributed by atoms with Crippen molar-refractivity contribution in [2.45, 2.75) is 31.2 Å². The van der Waals surface area contributed by atoms with Crippen LogP contribution in [0, 0.1) is 0 Å². The maximum absolute atomic E-state index is 13.0. The molecule has 8 heteroatoms. The molecule has 2 aliphatic rings. The monoisotopic (exact) mass is 266 g/mol. The van der Waals surface area contributed by atoms with Gasteiger partial charge in [0.15, 0.2) is 0 Å². The van der Waals surface area contributed by atoms with Crippen LogP contribution in [0.1, 0.15) is 6.92 Å². The summed E-state index contributed by atoms with van der Waals surface area (Å²) in [7, 11) is 0. The van der Waals surface area contributed by atoms with Gasteiger partial charge in [-0.1, -0.05) is 0 Å². The van der Waals surface area contributed by atoms with Crippen molar-refractivity contribution in [1.82, 2.24) is 15.1 Å². The molecule has 2 saturated heterocycles. The molecule has 2 rings (SSSR count). The van der Waals surface area contributed by atoms with Crippen LogP contribution in [0.25, 0.3) is 0 Å². The van der Waals surface area contributed by atoms with Crippen molar-refractivity contribution in [3.63, 3.8) is 0 Å². The number of alkyl halides is 3. The number of hydrogen-bond acceptors (Lipinski definition) is 3. The molecule has 3 N–H and O–H groups in total. The van der Waals surface area contributed by atoms with Gasteiger partial charge < -0.3 is 16.0 Å². The molecule has 3 unspecified atom stereocenters. The van der Waals surface area contributed by atoms with Gasteiger partial charge >= 0.3 is 12.2 Å². The Morgan fingerprint density at radius 3 is 2.67 bits per heavy atom. The molecule has 0 saturated carbocycles. The second-order valence-corrected chi connectivity index (χ2v) is 4.87. The molecule has 2 amide bonds. The maximum Gasteiger partial charge on any atom is 0.405 e. The van der Waals surface area contributed by atoms with Crippen molar-refractivity contribution in [3.8, 4) is 0 Å². The van der Waals surface area contributed by atoms with Crippen molar-refractivity contribution in [1.29, 1.82) is 0 Å². The number of halogens is 3. The van der Waals surface area contributed by atoms with Crippen molar-refractivity contribution in [2.24, 2.45) is 5.73 Å². The highest BCUT2D eigenvalue weighted by Crippen LogP contribution is 2.29. The lowest BCUT2D eigenvalue weighted by atomic mass is 10.1. The van der Waals surface area contributed by atoms with Gasteiger partial charge in [0.2, 0.25) is 0 Å². The van der Waals surface area contributed by atoms with E-state index in [1.807, 2.05) is 0 Å². The summed E-state index contributed by atoms with van der Waals surface area (Å²) in [6, 6.07) is -3.00. The number of nitrogens with two attached hydrogens (primary N) is 1. The minimum absolute atomic E-state index is 0.185. The third-order valence-electron chi connectivity index (χ3n) is 3.49. The third-order valence-corrected chi connectivity index (χ3v) is 3.49. The second kappa shape index (κ2) is 4.58. The number of hydrogen-bond donors (Lipinski definition) is 2. The third kappa shape index (κ3) is 2.39. The quantitative estimate of drug-likeness (QED) is 0.738. The molecule has 2 fully saturated rings. The van der Waals surface area contributed by atoms with Crippen molar-refractivity contribution in [3.05, 3.63) is 0 Å². The Labute approximate surface area is 103 Å². The highest BCUT2D eigenvalue weighted by molar-refractivity contribution is 5.77. The second-order valence-electron chi connectivity index (χ2n) is 4.87. The van der Waals surface area contributed by atoms with Gasteiger partial charge in [0, 0.05) is 32.2 Å². The van der Waals surface area contributed by atoms with Gasteiger partial charge in [-0.2, -0.15) is 13.2 Å². The van der Waals surface area contributed by atoms with Gasteiger partial charge in [-0.25, -0.2) is 4.79 Å². The average Bonchev–Trinajstić information content (AvgIpc) is 2.57. The summed E-state index contributed by atoms with van der Waals surface area (Å²) in [5.41, 5.74) is 5.46. The fraction of sp³-hybridized carbons (Fsp3) is 0.900. The first kappa shape index (κ1) is 13.4. The molecule has 0 bridgehead atoms. The molecule has 0 aromatic rings. The largest absolute Gasteiger partial charge is 0.405 e. The number of nitrogens with zero attached hydrogens (tertiary/aromatic N) is 2. The van der Waals surface area contributed by atoms with Crippen LogP contribution in [0.2, 0.25) is 0 Å². The number of amides is 2. The van der Waals surface area contributed by atoms with E-state index in [9.17, 15) is 18.0 Å². The minimum Gasteiger partial charge on any atom is -0.336 e. The molecule has 0 aliphatic carbocycles. The number of piperazine rings is 1. The molecule has 0 radical (unpaired) electrons. The summed E-state index contributed by atoms with van der Waals surface area (Å²) in [5.74, 6) is 0. The zero-order valence-corrected chi connectivity index (χ0v) is 10.1. The molecular formula is C10H17F3N4O. The van der Waals surface area contributed by atoms with Crippen LogP contribution in [0.5, 0.6) is 0 Å². The van der Waals surface area contributed by atoms with Gasteiger partial charge in [-0.15, -0.1) is 0 Å². The topological polar surface area (TPSA) is 61.6 Å². The van der Waals surface area contributed by atoms with E-state index in [0.717, 1.165) is 0 Å². The molecule has 18 heavy (non-hydrogen) atoms. The van der Waals surface area contributed by atoms with E-state index < -0.39 is 18.3 Å². The lowest BCUT2D eigenvalue weighted by Crippen LogP contribution is -2.62. The Kier molecular flexibility index (Phi) is 3.41. The Morgan fingerprint density at radius 2 is 2.11 bits per heavy atom. The maximum atomic E-state index is 13.0. The first-order chi connectivity index (χ1) is 8.30. The van der Waals surface area contributed by atoms with Crippen LogP contribution < -0.4 is 11.1 Å². The van der Waals surface area contributed by atoms with Gasteiger partial charge in [0.05, 0.1) is 6.04 Å². The fourth-order valence-electron chi connectivity index (χ4n) is 2.72. The highest BCUT2D eigenvalue weighted by atomic mass is 19.4. The summed E-state index contributed by atoms with van der Waals surface area (Å²) in [5, 5.41) is 2.64. The number of fused-ring (bicyclic) bond motifs is 1. The SMILES string of the molecule is CC(N)C(N1CCN2C(=O)NCC2C1)C(F)(F)F. The van der Waals surface area contributed by atoms with Crippen LogP contribution in [0.3, 0.4) is 0 Å². The molecule has 2 heterocycles. The van der Waals surface area contributed by atoms with E-state index in [2.05, 4.69) is 5.32 Å². The van der Waals surface area contributed by atoms with Gasteiger partial charge in [-0.05, 0) is 6.92 Å². The van der Waals surface area contributed by atoms with E-state index >= 15 is 0 Å². The Morgan fingerprint density at radius 1 is 1.44 bits per heavy atom. The van der Waals surface area contributed by atoms with Crippen molar-refractivity contribution >= 4 is 6.03 Å². The lowest BCUT2D eigenvalue weighted by Gasteiger charge is -2.42. The number of rotatable bonds is 2. The predicted octanol–water partition coefficient (Wildman–Crippen LogP) is -0.0261. The van der Waals surface area contributed by atoms with E-state index in [4.69, 9.17) is 5.73 Å². The molecular weight excluding hydrogens is 249 g/mol. The van der Waals surface area contributed by atoms with Crippen LogP contribution in [-0.2, 0) is 0 Å². The summed E-state index contributed by atoms with van der Waals surface area (Å²) in [6.07, 6.45) is -4.34. The summed E-state index contributed by atoms with van der Waals surface area (Å²) < 4.78 is 38.9. The van der Waals surface area contributed by atoms with E-state index in [-0.39, 0.29) is 25.2 Å². The Bertz CT molecular complexity index is 334. The predicted molar refractivity (Wildman–Crippen MR) is 59.0 cm³/mol. The fourth-order valence-corrected chi connectivity index (χ4v) is 2.72. The van der Waals surface area contributed by atoms with E-state index in [1.54, 1.807) is 4.90 Å². The zero-order chi connectivity index (χ0) is 13.5. The van der Waals surface area contributed by atoms with Crippen molar-refractivity contribution < 1.29 is 18.0 Å². The minimum atomic E-state index is -4.34. The molecule has 2 aliphatic heterocycles. The van der Waals surface area contributed by atoms with E-state index in [1.165, 1.54) is 11.8 Å². The number of nitrogens with one attached hydrogen (secondary N) is 1. The molecule has 5 nitrogen and oxygen atoms in total. The smallest absolute Gasteiger partial charge is 0.336 e. The average molecular weight is 266 g/mol. The number of carbonyl (C=O) groups is 1. The van der Waals surface area contributed by atoms with Crippen LogP contribution in [0.15, 0.2) is 0 Å². The molecule has 0 aromatic carbocycles. The van der Waals surface area contributed by atoms with Crippen LogP contribution in [-0.4, -0.2) is 66.3 Å². The Hall–Kier alpha value is -1.02. The van der Waals surface area contributed by atoms with Crippen LogP contribution in [0.4, 0.5) is 18.0 Å². The Balaban J connectivity index is 2.08. The molecule has 0 spiro atoms. The van der Waals surface area contributed by atoms with E-state index in [0.29, 0.717) is 13.1 Å². The summed E-state index contributed by atoms with van der Waals surface area (Å²) in [4.78, 5) is 14.3. The van der Waals surface area contributed by atoms with Gasteiger partial charge in [0.25, 0.3) is 0 Å².